The number of amides is 11. The third kappa shape index (κ3) is 21.2. The molecule has 0 heterocycles. The van der Waals surface area contributed by atoms with Crippen LogP contribution in [-0.4, -0.2) is 167 Å². The summed E-state index contributed by atoms with van der Waals surface area (Å²) in [6.45, 7) is 2.91. The molecule has 68 heavy (non-hydrogen) atoms. The van der Waals surface area contributed by atoms with Gasteiger partial charge in [0, 0.05) is 12.2 Å². The molecule has 1 rings (SSSR count). The minimum Gasteiger partial charge on any atom is -0.508 e. The summed E-state index contributed by atoms with van der Waals surface area (Å²) in [5.74, 6) is -12.3. The Bertz CT molecular complexity index is 1970. The Morgan fingerprint density at radius 1 is 0.574 bits per heavy atom. The highest BCUT2D eigenvalue weighted by Crippen LogP contribution is 2.12. The van der Waals surface area contributed by atoms with Crippen LogP contribution in [0.4, 0.5) is 0 Å². The van der Waals surface area contributed by atoms with Crippen molar-refractivity contribution in [3.05, 3.63) is 29.8 Å². The number of aromatic hydroxyl groups is 1. The second-order valence-electron chi connectivity index (χ2n) is 15.9. The molecule has 0 fully saturated rings. The molecule has 27 nitrogen and oxygen atoms in total. The molecule has 0 radical (unpaired) electrons. The van der Waals surface area contributed by atoms with Crippen molar-refractivity contribution < 1.29 is 72.9 Å². The molecule has 0 aliphatic heterocycles. The summed E-state index contributed by atoms with van der Waals surface area (Å²) in [7, 11) is 0. The Hall–Kier alpha value is -6.91. The van der Waals surface area contributed by atoms with E-state index in [2.05, 4.69) is 60.5 Å². The van der Waals surface area contributed by atoms with Crippen molar-refractivity contribution in [2.75, 3.05) is 32.1 Å². The summed E-state index contributed by atoms with van der Waals surface area (Å²) in [6, 6.07) is -6.05. The van der Waals surface area contributed by atoms with E-state index in [0.717, 1.165) is 0 Å². The van der Waals surface area contributed by atoms with Crippen molar-refractivity contribution in [3.8, 4) is 5.75 Å². The zero-order valence-corrected chi connectivity index (χ0v) is 38.6. The minimum absolute atomic E-state index is 0.114. The molecule has 8 atom stereocenters. The molecule has 18 N–H and O–H groups in total. The summed E-state index contributed by atoms with van der Waals surface area (Å²) in [4.78, 5) is 152. The SMILES string of the molecule is CC(C)[C@H](N)C(=O)N[C@@H](CC(N)=O)C(=O)N[C@H](Cc1ccc(O)cc1)C(=O)NCC(=O)N[C@@H](CC(N)=O)C(=O)NCC(=O)N[C@H](C(=O)N[C@@H](CO)C(=O)N[C@@H](CS)C(=O)N[C@@H](C=O)CO)C(C)C. The van der Waals surface area contributed by atoms with E-state index in [0.29, 0.717) is 5.56 Å². The number of carbonyl (C=O) groups is 12. The Kier molecular flexibility index (Phi) is 25.8. The van der Waals surface area contributed by atoms with E-state index in [1.165, 1.54) is 38.1 Å². The second-order valence-corrected chi connectivity index (χ2v) is 16.2. The number of carbonyl (C=O) groups excluding carboxylic acids is 12. The first-order chi connectivity index (χ1) is 31.9. The Balaban J connectivity index is 3.05. The van der Waals surface area contributed by atoms with Gasteiger partial charge in [0.1, 0.15) is 54.3 Å². The molecule has 0 saturated heterocycles. The monoisotopic (exact) mass is 982 g/mol. The lowest BCUT2D eigenvalue weighted by Gasteiger charge is -2.26. The van der Waals surface area contributed by atoms with Crippen molar-refractivity contribution >= 4 is 83.9 Å². The van der Waals surface area contributed by atoms with Gasteiger partial charge in [0.25, 0.3) is 0 Å². The van der Waals surface area contributed by atoms with Gasteiger partial charge >= 0.3 is 0 Å². The Morgan fingerprint density at radius 3 is 1.50 bits per heavy atom. The van der Waals surface area contributed by atoms with Crippen LogP contribution in [0.2, 0.25) is 0 Å². The number of hydrogen-bond donors (Lipinski definition) is 16. The Labute approximate surface area is 395 Å². The number of aldehydes is 1. The van der Waals surface area contributed by atoms with Crippen LogP contribution in [0.25, 0.3) is 0 Å². The van der Waals surface area contributed by atoms with Gasteiger partial charge in [-0.2, -0.15) is 12.6 Å². The van der Waals surface area contributed by atoms with Crippen molar-refractivity contribution in [2.45, 2.75) is 95.3 Å². The van der Waals surface area contributed by atoms with Crippen LogP contribution in [0.15, 0.2) is 24.3 Å². The van der Waals surface area contributed by atoms with Gasteiger partial charge in [-0.05, 0) is 29.5 Å². The number of benzene rings is 1. The van der Waals surface area contributed by atoms with E-state index in [4.69, 9.17) is 22.3 Å². The van der Waals surface area contributed by atoms with Gasteiger partial charge in [-0.1, -0.05) is 39.8 Å². The Morgan fingerprint density at radius 2 is 1.03 bits per heavy atom. The molecule has 11 amide bonds. The third-order valence-electron chi connectivity index (χ3n) is 9.56. The lowest BCUT2D eigenvalue weighted by molar-refractivity contribution is -0.135. The minimum atomic E-state index is -1.71. The van der Waals surface area contributed by atoms with Crippen molar-refractivity contribution in [1.82, 2.24) is 47.9 Å². The van der Waals surface area contributed by atoms with Crippen LogP contribution in [0.5, 0.6) is 5.75 Å². The number of hydrogen-bond acceptors (Lipinski definition) is 17. The topological polar surface area (TPSA) is 452 Å². The summed E-state index contributed by atoms with van der Waals surface area (Å²) in [6.07, 6.45) is -1.46. The van der Waals surface area contributed by atoms with E-state index in [-0.39, 0.29) is 30.1 Å². The molecule has 0 unspecified atom stereocenters. The van der Waals surface area contributed by atoms with Gasteiger partial charge < -0.3 is 85.2 Å². The highest BCUT2D eigenvalue weighted by molar-refractivity contribution is 7.80. The van der Waals surface area contributed by atoms with Crippen LogP contribution in [0, 0.1) is 11.8 Å². The maximum absolute atomic E-state index is 13.5. The molecule has 0 saturated carbocycles. The number of rotatable bonds is 30. The van der Waals surface area contributed by atoms with Crippen LogP contribution in [0.3, 0.4) is 0 Å². The van der Waals surface area contributed by atoms with Crippen molar-refractivity contribution in [3.63, 3.8) is 0 Å². The molecule has 28 heteroatoms. The summed E-state index contributed by atoms with van der Waals surface area (Å²) in [5, 5.41) is 49.1. The van der Waals surface area contributed by atoms with Gasteiger partial charge in [0.2, 0.25) is 65.0 Å². The molecular formula is C40H62N12O15S. The average molecular weight is 983 g/mol. The van der Waals surface area contributed by atoms with Gasteiger partial charge in [-0.3, -0.25) is 52.7 Å². The number of phenols is 1. The van der Waals surface area contributed by atoms with Crippen LogP contribution < -0.4 is 65.1 Å². The maximum Gasteiger partial charge on any atom is 0.245 e. The first-order valence-electron chi connectivity index (χ1n) is 20.9. The molecular weight excluding hydrogens is 921 g/mol. The lowest BCUT2D eigenvalue weighted by atomic mass is 10.0. The molecule has 0 bridgehead atoms. The standard InChI is InChI=1S/C40H62N12O15S/c1-18(2)32(43)39(66)49-25(11-29(42)58)36(63)48-23(9-20-5-7-22(56)8-6-20)34(61)44-12-30(59)47-24(10-28(41)57)35(62)45-13-31(60)52-33(19(3)4)40(67)50-26(16-55)37(64)51-27(17-68)38(65)46-21(14-53)15-54/h5-8,14,18-19,21,23-27,32-33,54-56,68H,9-13,15-17,43H2,1-4H3,(H2,41,57)(H2,42,58)(H,44,61)(H,45,62)(H,46,65)(H,47,59)(H,48,63)(H,49,66)(H,50,67)(H,51,64)(H,52,60)/t21-,23+,24-,25-,26-,27-,32-,33-/m0/s1. The predicted molar refractivity (Wildman–Crippen MR) is 241 cm³/mol. The number of nitrogens with one attached hydrogen (secondary N) is 9. The van der Waals surface area contributed by atoms with Gasteiger partial charge in [-0.25, -0.2) is 0 Å². The predicted octanol–water partition coefficient (Wildman–Crippen LogP) is -7.94. The number of aliphatic hydroxyl groups excluding tert-OH is 2. The second kappa shape index (κ2) is 29.7. The molecule has 0 spiro atoms. The summed E-state index contributed by atoms with van der Waals surface area (Å²) >= 11 is 3.98. The van der Waals surface area contributed by atoms with Gasteiger partial charge in [0.15, 0.2) is 0 Å². The smallest absolute Gasteiger partial charge is 0.245 e. The average Bonchev–Trinajstić information content (AvgIpc) is 3.27. The normalized spacial score (nSPS) is 14.4. The van der Waals surface area contributed by atoms with Gasteiger partial charge in [-0.15, -0.1) is 0 Å². The van der Waals surface area contributed by atoms with Crippen molar-refractivity contribution in [1.29, 1.82) is 0 Å². The number of primary amides is 2. The fraction of sp³-hybridized carbons (Fsp3) is 0.550. The lowest BCUT2D eigenvalue weighted by Crippen LogP contribution is -2.60. The first kappa shape index (κ1) is 59.1. The van der Waals surface area contributed by atoms with E-state index >= 15 is 0 Å². The quantitative estimate of drug-likeness (QED) is 0.0251. The van der Waals surface area contributed by atoms with E-state index < -0.39 is 158 Å². The fourth-order valence-electron chi connectivity index (χ4n) is 5.65. The van der Waals surface area contributed by atoms with E-state index in [1.54, 1.807) is 13.8 Å². The van der Waals surface area contributed by atoms with E-state index in [9.17, 15) is 67.7 Å². The van der Waals surface area contributed by atoms with Crippen LogP contribution in [0.1, 0.15) is 46.1 Å². The molecule has 0 aromatic heterocycles. The maximum atomic E-state index is 13.5. The van der Waals surface area contributed by atoms with Crippen molar-refractivity contribution in [2.24, 2.45) is 29.0 Å². The molecule has 1 aromatic rings. The highest BCUT2D eigenvalue weighted by atomic mass is 32.1. The summed E-state index contributed by atoms with van der Waals surface area (Å²) < 4.78 is 0. The fourth-order valence-corrected chi connectivity index (χ4v) is 5.91. The van der Waals surface area contributed by atoms with Crippen LogP contribution in [-0.2, 0) is 64.0 Å². The number of thiol groups is 1. The largest absolute Gasteiger partial charge is 0.508 e. The molecule has 1 aromatic carbocycles. The van der Waals surface area contributed by atoms with Gasteiger partial charge in [0.05, 0.1) is 45.2 Å². The zero-order chi connectivity index (χ0) is 51.8. The summed E-state index contributed by atoms with van der Waals surface area (Å²) in [5.41, 5.74) is 16.9. The molecule has 0 aliphatic carbocycles. The zero-order valence-electron chi connectivity index (χ0n) is 37.7. The first-order valence-corrected chi connectivity index (χ1v) is 21.5. The number of aliphatic hydroxyl groups is 2. The number of nitrogens with two attached hydrogens (primary N) is 3. The molecule has 0 aliphatic rings. The van der Waals surface area contributed by atoms with Crippen LogP contribution >= 0.6 is 12.6 Å². The third-order valence-corrected chi connectivity index (χ3v) is 9.92. The highest BCUT2D eigenvalue weighted by Gasteiger charge is 2.33. The number of phenolic OH excluding ortho intramolecular Hbond substituents is 1. The molecule has 378 valence electrons. The van der Waals surface area contributed by atoms with E-state index in [1.807, 2.05) is 0 Å².